The third kappa shape index (κ3) is 4.50. The highest BCUT2D eigenvalue weighted by Crippen LogP contribution is 2.30. The van der Waals surface area contributed by atoms with Crippen molar-refractivity contribution >= 4 is 22.4 Å². The maximum atomic E-state index is 13.1. The molecule has 7 heteroatoms. The van der Waals surface area contributed by atoms with Gasteiger partial charge in [-0.25, -0.2) is 9.97 Å². The van der Waals surface area contributed by atoms with Crippen LogP contribution in [0.4, 0.5) is 5.13 Å². The number of hydrogen-bond acceptors (Lipinski definition) is 6. The van der Waals surface area contributed by atoms with Gasteiger partial charge in [-0.2, -0.15) is 0 Å². The van der Waals surface area contributed by atoms with E-state index in [2.05, 4.69) is 27.4 Å². The predicted molar refractivity (Wildman–Crippen MR) is 115 cm³/mol. The van der Waals surface area contributed by atoms with Crippen molar-refractivity contribution in [2.45, 2.75) is 39.0 Å². The molecule has 1 aliphatic heterocycles. The predicted octanol–water partition coefficient (Wildman–Crippen LogP) is 4.48. The number of nitrogens with one attached hydrogen (secondary N) is 1. The molecule has 1 N–H and O–H groups in total. The molecule has 0 saturated carbocycles. The summed E-state index contributed by atoms with van der Waals surface area (Å²) < 4.78 is 6.05. The lowest BCUT2D eigenvalue weighted by molar-refractivity contribution is 0.0702. The number of hydrogen-bond donors (Lipinski definition) is 1. The summed E-state index contributed by atoms with van der Waals surface area (Å²) in [5, 5.41) is 4.00. The van der Waals surface area contributed by atoms with Gasteiger partial charge in [0.2, 0.25) is 0 Å². The van der Waals surface area contributed by atoms with Crippen molar-refractivity contribution in [3.8, 4) is 0 Å². The number of thiazole rings is 1. The van der Waals surface area contributed by atoms with Crippen molar-refractivity contribution in [1.82, 2.24) is 14.9 Å². The largest absolute Gasteiger partial charge is 0.445 e. The van der Waals surface area contributed by atoms with Gasteiger partial charge in [0.1, 0.15) is 10.6 Å². The molecular formula is C22H26N4O2S. The zero-order valence-corrected chi connectivity index (χ0v) is 17.7. The van der Waals surface area contributed by atoms with Crippen LogP contribution in [-0.2, 0) is 6.42 Å². The number of aromatic nitrogens is 2. The highest BCUT2D eigenvalue weighted by Gasteiger charge is 2.30. The van der Waals surface area contributed by atoms with Gasteiger partial charge in [-0.05, 0) is 32.3 Å². The molecule has 3 heterocycles. The van der Waals surface area contributed by atoms with E-state index in [4.69, 9.17) is 4.42 Å². The molecular weight excluding hydrogens is 384 g/mol. The fourth-order valence-electron chi connectivity index (χ4n) is 3.72. The number of anilines is 1. The lowest BCUT2D eigenvalue weighted by atomic mass is 9.98. The topological polar surface area (TPSA) is 71.3 Å². The molecule has 1 fully saturated rings. The average Bonchev–Trinajstić information content (AvgIpc) is 3.35. The minimum atomic E-state index is 0.0601. The number of aryl methyl sites for hydroxylation is 1. The van der Waals surface area contributed by atoms with Crippen LogP contribution in [0.25, 0.3) is 0 Å². The van der Waals surface area contributed by atoms with E-state index in [0.717, 1.165) is 59.7 Å². The second-order valence-corrected chi connectivity index (χ2v) is 8.38. The zero-order valence-electron chi connectivity index (χ0n) is 16.9. The van der Waals surface area contributed by atoms with Crippen LogP contribution >= 0.6 is 11.3 Å². The number of rotatable bonds is 6. The molecule has 2 aromatic heterocycles. The second kappa shape index (κ2) is 8.78. The van der Waals surface area contributed by atoms with Crippen LogP contribution in [0.5, 0.6) is 0 Å². The van der Waals surface area contributed by atoms with Crippen molar-refractivity contribution in [3.63, 3.8) is 0 Å². The molecule has 3 aromatic rings. The molecule has 29 heavy (non-hydrogen) atoms. The van der Waals surface area contributed by atoms with E-state index < -0.39 is 0 Å². The van der Waals surface area contributed by atoms with Gasteiger partial charge >= 0.3 is 0 Å². The molecule has 1 amide bonds. The number of carbonyl (C=O) groups excluding carboxylic acids is 1. The van der Waals surface area contributed by atoms with E-state index in [0.29, 0.717) is 6.54 Å². The fraction of sp³-hybridized carbons (Fsp3) is 0.409. The number of likely N-dealkylation sites (tertiary alicyclic amines) is 1. The number of oxazole rings is 1. The Labute approximate surface area is 175 Å². The average molecular weight is 411 g/mol. The van der Waals surface area contributed by atoms with Gasteiger partial charge in [-0.1, -0.05) is 41.7 Å². The normalized spacial score (nSPS) is 16.8. The van der Waals surface area contributed by atoms with Crippen LogP contribution in [0.2, 0.25) is 0 Å². The van der Waals surface area contributed by atoms with E-state index in [-0.39, 0.29) is 11.8 Å². The molecule has 0 spiro atoms. The minimum Gasteiger partial charge on any atom is -0.445 e. The van der Waals surface area contributed by atoms with E-state index in [9.17, 15) is 4.79 Å². The fourth-order valence-corrected chi connectivity index (χ4v) is 4.72. The lowest BCUT2D eigenvalue weighted by Crippen LogP contribution is -2.39. The van der Waals surface area contributed by atoms with Crippen molar-refractivity contribution in [2.75, 3.05) is 25.0 Å². The molecule has 1 unspecified atom stereocenters. The highest BCUT2D eigenvalue weighted by atomic mass is 32.1. The molecule has 1 aliphatic rings. The Morgan fingerprint density at radius 3 is 2.97 bits per heavy atom. The van der Waals surface area contributed by atoms with Gasteiger partial charge < -0.3 is 14.6 Å². The number of benzene rings is 1. The van der Waals surface area contributed by atoms with Gasteiger partial charge in [-0.3, -0.25) is 4.79 Å². The maximum Gasteiger partial charge on any atom is 0.265 e. The van der Waals surface area contributed by atoms with E-state index >= 15 is 0 Å². The first-order chi connectivity index (χ1) is 14.1. The van der Waals surface area contributed by atoms with Gasteiger partial charge in [0.05, 0.1) is 17.8 Å². The summed E-state index contributed by atoms with van der Waals surface area (Å²) >= 11 is 1.44. The summed E-state index contributed by atoms with van der Waals surface area (Å²) in [6.07, 6.45) is 4.49. The monoisotopic (exact) mass is 410 g/mol. The summed E-state index contributed by atoms with van der Waals surface area (Å²) in [7, 11) is 0. The Bertz CT molecular complexity index is 966. The molecule has 0 radical (unpaired) electrons. The molecule has 0 bridgehead atoms. The SMILES string of the molecule is CCNc1nc(C)c(C(=O)N2CCCC(c3ncc(Cc4ccccc4)o3)C2)s1. The van der Waals surface area contributed by atoms with Crippen LogP contribution in [0, 0.1) is 6.92 Å². The quantitative estimate of drug-likeness (QED) is 0.649. The van der Waals surface area contributed by atoms with Crippen LogP contribution < -0.4 is 5.32 Å². The zero-order chi connectivity index (χ0) is 20.2. The summed E-state index contributed by atoms with van der Waals surface area (Å²) in [5.74, 6) is 1.80. The van der Waals surface area contributed by atoms with Crippen LogP contribution in [0.15, 0.2) is 40.9 Å². The number of piperidine rings is 1. The highest BCUT2D eigenvalue weighted by molar-refractivity contribution is 7.17. The second-order valence-electron chi connectivity index (χ2n) is 7.38. The molecule has 6 nitrogen and oxygen atoms in total. The third-order valence-corrected chi connectivity index (χ3v) is 6.27. The third-order valence-electron chi connectivity index (χ3n) is 5.17. The van der Waals surface area contributed by atoms with Crippen molar-refractivity contribution < 1.29 is 9.21 Å². The van der Waals surface area contributed by atoms with Crippen molar-refractivity contribution in [3.05, 3.63) is 64.3 Å². The number of carbonyl (C=O) groups is 1. The minimum absolute atomic E-state index is 0.0601. The first-order valence-electron chi connectivity index (χ1n) is 10.1. The van der Waals surface area contributed by atoms with Gasteiger partial charge in [-0.15, -0.1) is 0 Å². The Balaban J connectivity index is 1.44. The molecule has 152 valence electrons. The molecule has 1 saturated heterocycles. The smallest absolute Gasteiger partial charge is 0.265 e. The molecule has 1 aromatic carbocycles. The van der Waals surface area contributed by atoms with Crippen molar-refractivity contribution in [2.24, 2.45) is 0 Å². The van der Waals surface area contributed by atoms with Crippen LogP contribution in [0.1, 0.15) is 58.3 Å². The van der Waals surface area contributed by atoms with E-state index in [1.54, 1.807) is 0 Å². The lowest BCUT2D eigenvalue weighted by Gasteiger charge is -2.31. The summed E-state index contributed by atoms with van der Waals surface area (Å²) in [4.78, 5) is 24.7. The standard InChI is InChI=1S/C22H26N4O2S/c1-3-23-22-25-15(2)19(29-22)21(27)26-11-7-10-17(14-26)20-24-13-18(28-20)12-16-8-5-4-6-9-16/h4-6,8-9,13,17H,3,7,10-12,14H2,1-2H3,(H,23,25). The molecule has 4 rings (SSSR count). The van der Waals surface area contributed by atoms with E-state index in [1.165, 1.54) is 16.9 Å². The first kappa shape index (κ1) is 19.6. The number of amides is 1. The Morgan fingerprint density at radius 1 is 1.34 bits per heavy atom. The molecule has 0 aliphatic carbocycles. The van der Waals surface area contributed by atoms with Crippen molar-refractivity contribution in [1.29, 1.82) is 0 Å². The first-order valence-corrected chi connectivity index (χ1v) is 10.9. The van der Waals surface area contributed by atoms with Crippen LogP contribution in [0.3, 0.4) is 0 Å². The Kier molecular flexibility index (Phi) is 5.94. The van der Waals surface area contributed by atoms with Gasteiger partial charge in [0.25, 0.3) is 5.91 Å². The summed E-state index contributed by atoms with van der Waals surface area (Å²) in [6.45, 7) is 6.12. The summed E-state index contributed by atoms with van der Waals surface area (Å²) in [6, 6.07) is 10.2. The van der Waals surface area contributed by atoms with Gasteiger partial charge in [0, 0.05) is 26.1 Å². The Morgan fingerprint density at radius 2 is 2.17 bits per heavy atom. The number of nitrogens with zero attached hydrogens (tertiary/aromatic N) is 3. The van der Waals surface area contributed by atoms with E-state index in [1.807, 2.05) is 43.1 Å². The molecule has 1 atom stereocenters. The van der Waals surface area contributed by atoms with Gasteiger partial charge in [0.15, 0.2) is 11.0 Å². The summed E-state index contributed by atoms with van der Waals surface area (Å²) in [5.41, 5.74) is 1.99. The maximum absolute atomic E-state index is 13.1. The van der Waals surface area contributed by atoms with Crippen LogP contribution in [-0.4, -0.2) is 40.4 Å². The Hall–Kier alpha value is -2.67.